The molecular formula is C3H4BrCl. The Bertz CT molecular complexity index is 44.9. The van der Waals surface area contributed by atoms with E-state index in [1.807, 2.05) is 6.92 Å². The second-order valence-corrected chi connectivity index (χ2v) is 2.30. The van der Waals surface area contributed by atoms with Gasteiger partial charge in [-0.1, -0.05) is 17.7 Å². The van der Waals surface area contributed by atoms with Crippen LogP contribution in [0.1, 0.15) is 6.92 Å². The van der Waals surface area contributed by atoms with Crippen LogP contribution >= 0.6 is 27.5 Å². The highest BCUT2D eigenvalue weighted by Gasteiger charge is 1.67. The molecule has 0 saturated carbocycles. The van der Waals surface area contributed by atoms with Gasteiger partial charge in [0.2, 0.25) is 0 Å². The van der Waals surface area contributed by atoms with Crippen molar-refractivity contribution in [3.63, 3.8) is 0 Å². The Hall–Kier alpha value is 0.510. The molecule has 0 aromatic rings. The maximum atomic E-state index is 5.24. The largest absolute Gasteiger partial charge is 0.0791 e. The van der Waals surface area contributed by atoms with Crippen LogP contribution in [-0.4, -0.2) is 0 Å². The Morgan fingerprint density at radius 3 is 2.20 bits per heavy atom. The van der Waals surface area contributed by atoms with Gasteiger partial charge in [-0.25, -0.2) is 0 Å². The predicted octanol–water partition coefficient (Wildman–Crippen LogP) is 2.48. The van der Waals surface area contributed by atoms with Crippen molar-refractivity contribution >= 4 is 27.5 Å². The fourth-order valence-electron chi connectivity index (χ4n) is 0. The molecule has 0 aromatic heterocycles. The monoisotopic (exact) mass is 154 g/mol. The average molecular weight is 155 g/mol. The van der Waals surface area contributed by atoms with Crippen molar-refractivity contribution in [3.8, 4) is 0 Å². The van der Waals surface area contributed by atoms with Crippen molar-refractivity contribution in [3.05, 3.63) is 10.0 Å². The molecule has 0 saturated heterocycles. The smallest absolute Gasteiger partial charge is 0.0765 e. The van der Waals surface area contributed by atoms with Gasteiger partial charge in [0.05, 0.1) is 3.94 Å². The molecule has 30 valence electrons. The molecule has 0 aliphatic rings. The van der Waals surface area contributed by atoms with E-state index in [0.717, 1.165) is 0 Å². The standard InChI is InChI=1S/C3H4BrCl/c1-2-3(4)5/h2H,1H3/b3-2-. The van der Waals surface area contributed by atoms with Crippen molar-refractivity contribution in [2.45, 2.75) is 6.92 Å². The Morgan fingerprint density at radius 2 is 2.20 bits per heavy atom. The SMILES string of the molecule is C/C=C(\Cl)Br. The number of hydrogen-bond acceptors (Lipinski definition) is 0. The topological polar surface area (TPSA) is 0 Å². The Balaban J connectivity index is 3.14. The highest BCUT2D eigenvalue weighted by atomic mass is 79.9. The van der Waals surface area contributed by atoms with E-state index < -0.39 is 0 Å². The molecule has 0 radical (unpaired) electrons. The molecule has 0 aromatic carbocycles. The van der Waals surface area contributed by atoms with Gasteiger partial charge < -0.3 is 0 Å². The molecule has 0 N–H and O–H groups in total. The van der Waals surface area contributed by atoms with Crippen molar-refractivity contribution in [2.75, 3.05) is 0 Å². The summed E-state index contributed by atoms with van der Waals surface area (Å²) in [4.78, 5) is 0. The van der Waals surface area contributed by atoms with E-state index in [1.165, 1.54) is 0 Å². The van der Waals surface area contributed by atoms with E-state index in [4.69, 9.17) is 11.6 Å². The summed E-state index contributed by atoms with van der Waals surface area (Å²) in [7, 11) is 0. The van der Waals surface area contributed by atoms with Gasteiger partial charge in [-0.2, -0.15) is 0 Å². The lowest BCUT2D eigenvalue weighted by molar-refractivity contribution is 1.77. The van der Waals surface area contributed by atoms with Gasteiger partial charge in [-0.05, 0) is 22.9 Å². The van der Waals surface area contributed by atoms with Gasteiger partial charge >= 0.3 is 0 Å². The van der Waals surface area contributed by atoms with E-state index in [9.17, 15) is 0 Å². The molecular weight excluding hydrogens is 151 g/mol. The summed E-state index contributed by atoms with van der Waals surface area (Å²) in [5.74, 6) is 0. The molecule has 0 aliphatic heterocycles. The van der Waals surface area contributed by atoms with Crippen LogP contribution < -0.4 is 0 Å². The summed E-state index contributed by atoms with van der Waals surface area (Å²) in [6.45, 7) is 1.86. The number of hydrogen-bond donors (Lipinski definition) is 0. The fraction of sp³-hybridized carbons (Fsp3) is 0.333. The first kappa shape index (κ1) is 5.51. The number of allylic oxidation sites excluding steroid dienone is 1. The quantitative estimate of drug-likeness (QED) is 0.504. The lowest BCUT2D eigenvalue weighted by Crippen LogP contribution is -1.37. The van der Waals surface area contributed by atoms with E-state index in [1.54, 1.807) is 6.08 Å². The zero-order valence-electron chi connectivity index (χ0n) is 2.83. The van der Waals surface area contributed by atoms with Gasteiger partial charge in [0, 0.05) is 0 Å². The maximum absolute atomic E-state index is 5.24. The average Bonchev–Trinajstić information content (AvgIpc) is 1.38. The van der Waals surface area contributed by atoms with Crippen LogP contribution in [-0.2, 0) is 0 Å². The summed E-state index contributed by atoms with van der Waals surface area (Å²) in [6.07, 6.45) is 1.77. The second kappa shape index (κ2) is 2.73. The van der Waals surface area contributed by atoms with Crippen LogP contribution in [0.15, 0.2) is 10.0 Å². The molecule has 0 heterocycles. The van der Waals surface area contributed by atoms with Gasteiger partial charge in [-0.3, -0.25) is 0 Å². The molecule has 0 nitrogen and oxygen atoms in total. The van der Waals surface area contributed by atoms with Crippen molar-refractivity contribution < 1.29 is 0 Å². The van der Waals surface area contributed by atoms with E-state index >= 15 is 0 Å². The van der Waals surface area contributed by atoms with Crippen LogP contribution in [0.5, 0.6) is 0 Å². The van der Waals surface area contributed by atoms with Crippen LogP contribution in [0, 0.1) is 0 Å². The van der Waals surface area contributed by atoms with Crippen LogP contribution in [0.2, 0.25) is 0 Å². The lowest BCUT2D eigenvalue weighted by atomic mass is 10.8. The molecule has 0 spiro atoms. The van der Waals surface area contributed by atoms with Gasteiger partial charge in [0.15, 0.2) is 0 Å². The molecule has 0 amide bonds. The summed E-state index contributed by atoms with van der Waals surface area (Å²) in [6, 6.07) is 0. The van der Waals surface area contributed by atoms with Crippen molar-refractivity contribution in [2.24, 2.45) is 0 Å². The zero-order valence-corrected chi connectivity index (χ0v) is 5.18. The fourth-order valence-corrected chi connectivity index (χ4v) is 0. The Labute approximate surface area is 45.0 Å². The van der Waals surface area contributed by atoms with Gasteiger partial charge in [0.1, 0.15) is 0 Å². The number of halogens is 2. The van der Waals surface area contributed by atoms with Gasteiger partial charge in [0.25, 0.3) is 0 Å². The Kier molecular flexibility index (Phi) is 3.01. The summed E-state index contributed by atoms with van der Waals surface area (Å²) >= 11 is 8.24. The minimum Gasteiger partial charge on any atom is -0.0765 e. The third-order valence-corrected chi connectivity index (χ3v) is 0.894. The molecule has 0 fully saturated rings. The number of rotatable bonds is 0. The van der Waals surface area contributed by atoms with Crippen LogP contribution in [0.25, 0.3) is 0 Å². The van der Waals surface area contributed by atoms with Crippen LogP contribution in [0.4, 0.5) is 0 Å². The third-order valence-electron chi connectivity index (χ3n) is 0.218. The minimum absolute atomic E-state index is 0.664. The van der Waals surface area contributed by atoms with E-state index in [0.29, 0.717) is 3.94 Å². The molecule has 2 heteroatoms. The summed E-state index contributed by atoms with van der Waals surface area (Å²) in [5.41, 5.74) is 0. The highest BCUT2D eigenvalue weighted by Crippen LogP contribution is 2.07. The molecule has 0 unspecified atom stereocenters. The molecule has 0 bridgehead atoms. The highest BCUT2D eigenvalue weighted by molar-refractivity contribution is 9.12. The normalized spacial score (nSPS) is 12.2. The molecule has 0 atom stereocenters. The second-order valence-electron chi connectivity index (χ2n) is 0.578. The molecule has 5 heavy (non-hydrogen) atoms. The maximum Gasteiger partial charge on any atom is 0.0791 e. The summed E-state index contributed by atoms with van der Waals surface area (Å²) in [5, 5.41) is 0. The summed E-state index contributed by atoms with van der Waals surface area (Å²) < 4.78 is 0.664. The van der Waals surface area contributed by atoms with E-state index in [-0.39, 0.29) is 0 Å². The third kappa shape index (κ3) is 4.51. The van der Waals surface area contributed by atoms with Crippen molar-refractivity contribution in [1.82, 2.24) is 0 Å². The first-order chi connectivity index (χ1) is 2.27. The molecule has 0 aliphatic carbocycles. The predicted molar refractivity (Wildman–Crippen MR) is 28.5 cm³/mol. The van der Waals surface area contributed by atoms with Gasteiger partial charge in [-0.15, -0.1) is 0 Å². The van der Waals surface area contributed by atoms with Crippen LogP contribution in [0.3, 0.4) is 0 Å². The van der Waals surface area contributed by atoms with E-state index in [2.05, 4.69) is 15.9 Å². The Morgan fingerprint density at radius 1 is 2.00 bits per heavy atom. The first-order valence-electron chi connectivity index (χ1n) is 1.24. The zero-order chi connectivity index (χ0) is 4.28. The lowest BCUT2D eigenvalue weighted by Gasteiger charge is -1.67. The molecule has 0 rings (SSSR count). The minimum atomic E-state index is 0.664. The van der Waals surface area contributed by atoms with Crippen molar-refractivity contribution in [1.29, 1.82) is 0 Å². The first-order valence-corrected chi connectivity index (χ1v) is 2.41.